The number of likely N-dealkylation sites (tertiary alicyclic amines) is 1. The highest BCUT2D eigenvalue weighted by Gasteiger charge is 2.42. The number of amides is 2. The number of halogens is 1. The number of rotatable bonds is 5. The molecule has 0 saturated carbocycles. The molecule has 9 heteroatoms. The number of alkyl carbamates (subject to hydrolysis) is 1. The van der Waals surface area contributed by atoms with Crippen molar-refractivity contribution in [2.24, 2.45) is 11.8 Å². The number of aromatic nitrogens is 2. The van der Waals surface area contributed by atoms with Gasteiger partial charge >= 0.3 is 6.09 Å². The van der Waals surface area contributed by atoms with Gasteiger partial charge in [0, 0.05) is 36.0 Å². The fourth-order valence-corrected chi connectivity index (χ4v) is 4.88. The van der Waals surface area contributed by atoms with Crippen LogP contribution in [0.5, 0.6) is 0 Å². The van der Waals surface area contributed by atoms with Crippen LogP contribution in [0, 0.1) is 11.8 Å². The lowest BCUT2D eigenvalue weighted by Crippen LogP contribution is -2.53. The van der Waals surface area contributed by atoms with Gasteiger partial charge < -0.3 is 24.7 Å². The lowest BCUT2D eigenvalue weighted by atomic mass is 9.90. The van der Waals surface area contributed by atoms with Gasteiger partial charge in [0.05, 0.1) is 18.8 Å². The molecule has 172 valence electrons. The second kappa shape index (κ2) is 10.0. The number of H-pyrrole nitrogens is 1. The molecule has 2 amide bonds. The van der Waals surface area contributed by atoms with Crippen LogP contribution in [0.1, 0.15) is 38.1 Å². The fraction of sp³-hybridized carbons (Fsp3) is 0.522. The van der Waals surface area contributed by atoms with E-state index in [9.17, 15) is 9.59 Å². The molecule has 2 aliphatic rings. The Bertz CT molecular complexity index is 942. The molecular formula is C23H29BrN4O4. The molecule has 2 saturated heterocycles. The summed E-state index contributed by atoms with van der Waals surface area (Å²) in [7, 11) is 1.31. The van der Waals surface area contributed by atoms with E-state index in [1.165, 1.54) is 7.11 Å². The van der Waals surface area contributed by atoms with Crippen LogP contribution < -0.4 is 5.32 Å². The third-order valence-corrected chi connectivity index (χ3v) is 6.84. The Morgan fingerprint density at radius 1 is 1.28 bits per heavy atom. The first-order valence-corrected chi connectivity index (χ1v) is 11.8. The van der Waals surface area contributed by atoms with E-state index in [1.54, 1.807) is 0 Å². The van der Waals surface area contributed by atoms with Crippen molar-refractivity contribution < 1.29 is 19.1 Å². The average molecular weight is 505 g/mol. The van der Waals surface area contributed by atoms with Gasteiger partial charge in [-0.15, -0.1) is 0 Å². The Morgan fingerprint density at radius 3 is 2.69 bits per heavy atom. The van der Waals surface area contributed by atoms with E-state index in [4.69, 9.17) is 14.5 Å². The molecule has 8 nitrogen and oxygen atoms in total. The van der Waals surface area contributed by atoms with Gasteiger partial charge in [0.1, 0.15) is 11.9 Å². The molecule has 0 radical (unpaired) electrons. The topological polar surface area (TPSA) is 96.5 Å². The summed E-state index contributed by atoms with van der Waals surface area (Å²) in [4.78, 5) is 35.7. The number of carbonyl (C=O) groups is 2. The second-order valence-electron chi connectivity index (χ2n) is 8.59. The zero-order valence-electron chi connectivity index (χ0n) is 18.3. The van der Waals surface area contributed by atoms with Gasteiger partial charge in [0.15, 0.2) is 0 Å². The molecule has 0 spiro atoms. The van der Waals surface area contributed by atoms with Crippen LogP contribution in [0.3, 0.4) is 0 Å². The molecular weight excluding hydrogens is 476 g/mol. The van der Waals surface area contributed by atoms with Crippen molar-refractivity contribution in [2.45, 2.75) is 38.3 Å². The number of ether oxygens (including phenoxy) is 2. The Labute approximate surface area is 196 Å². The number of nitrogens with zero attached hydrogens (tertiary/aromatic N) is 2. The molecule has 4 rings (SSSR count). The number of hydrogen-bond acceptors (Lipinski definition) is 5. The van der Waals surface area contributed by atoms with Gasteiger partial charge in [-0.1, -0.05) is 35.0 Å². The summed E-state index contributed by atoms with van der Waals surface area (Å²) in [6, 6.07) is 7.17. The van der Waals surface area contributed by atoms with Gasteiger partial charge in [-0.3, -0.25) is 4.79 Å². The van der Waals surface area contributed by atoms with Gasteiger partial charge in [0.25, 0.3) is 0 Å². The quantitative estimate of drug-likeness (QED) is 0.643. The largest absolute Gasteiger partial charge is 0.453 e. The predicted molar refractivity (Wildman–Crippen MR) is 123 cm³/mol. The highest BCUT2D eigenvalue weighted by molar-refractivity contribution is 9.10. The summed E-state index contributed by atoms with van der Waals surface area (Å²) in [5, 5.41) is 2.79. The van der Waals surface area contributed by atoms with Gasteiger partial charge in [0.2, 0.25) is 5.91 Å². The minimum Gasteiger partial charge on any atom is -0.453 e. The Balaban J connectivity index is 1.57. The normalized spacial score (nSPS) is 22.5. The van der Waals surface area contributed by atoms with E-state index >= 15 is 0 Å². The van der Waals surface area contributed by atoms with Crippen LogP contribution in [0.15, 0.2) is 34.9 Å². The van der Waals surface area contributed by atoms with Gasteiger partial charge in [-0.2, -0.15) is 0 Å². The number of benzene rings is 1. The third-order valence-electron chi connectivity index (χ3n) is 6.31. The van der Waals surface area contributed by atoms with Crippen molar-refractivity contribution in [3.8, 4) is 11.3 Å². The molecule has 0 bridgehead atoms. The molecule has 0 aliphatic carbocycles. The summed E-state index contributed by atoms with van der Waals surface area (Å²) >= 11 is 3.46. The standard InChI is InChI=1S/C23H29BrN4O4/c1-14-11-19(21-25-12-18(26-21)15-3-5-17(24)6-4-15)28(13-14)22(29)20(27-23(30)31-2)16-7-9-32-10-8-16/h3-6,12,14,16,19-20H,7-11,13H2,1-2H3,(H,25,26)(H,27,30)/t14-,19-,20?/m0/s1. The molecule has 2 N–H and O–H groups in total. The molecule has 2 fully saturated rings. The lowest BCUT2D eigenvalue weighted by Gasteiger charge is -2.34. The molecule has 1 aromatic heterocycles. The van der Waals surface area contributed by atoms with Crippen LogP contribution in [0.2, 0.25) is 0 Å². The van der Waals surface area contributed by atoms with E-state index in [2.05, 4.69) is 33.2 Å². The van der Waals surface area contributed by atoms with Crippen LogP contribution in [0.4, 0.5) is 4.79 Å². The van der Waals surface area contributed by atoms with Crippen molar-refractivity contribution in [3.05, 3.63) is 40.8 Å². The fourth-order valence-electron chi connectivity index (χ4n) is 4.62. The highest BCUT2D eigenvalue weighted by Crippen LogP contribution is 2.36. The Hall–Kier alpha value is -2.39. The van der Waals surface area contributed by atoms with E-state index < -0.39 is 12.1 Å². The molecule has 32 heavy (non-hydrogen) atoms. The number of imidazole rings is 1. The Kier molecular flexibility index (Phi) is 7.15. The van der Waals surface area contributed by atoms with Gasteiger partial charge in [-0.25, -0.2) is 9.78 Å². The zero-order valence-corrected chi connectivity index (χ0v) is 19.9. The molecule has 2 aliphatic heterocycles. The van der Waals surface area contributed by atoms with E-state index in [-0.39, 0.29) is 17.9 Å². The highest BCUT2D eigenvalue weighted by atomic mass is 79.9. The molecule has 1 unspecified atom stereocenters. The van der Waals surface area contributed by atoms with Crippen molar-refractivity contribution >= 4 is 27.9 Å². The van der Waals surface area contributed by atoms with Crippen LogP contribution in [-0.2, 0) is 14.3 Å². The number of aromatic amines is 1. The predicted octanol–water partition coefficient (Wildman–Crippen LogP) is 3.90. The zero-order chi connectivity index (χ0) is 22.7. The van der Waals surface area contributed by atoms with Crippen LogP contribution in [0.25, 0.3) is 11.3 Å². The van der Waals surface area contributed by atoms with Crippen molar-refractivity contribution in [1.29, 1.82) is 0 Å². The van der Waals surface area contributed by atoms with Crippen molar-refractivity contribution in [2.75, 3.05) is 26.9 Å². The number of hydrogen-bond donors (Lipinski definition) is 2. The Morgan fingerprint density at radius 2 is 2.00 bits per heavy atom. The summed E-state index contributed by atoms with van der Waals surface area (Å²) in [6.45, 7) is 3.94. The van der Waals surface area contributed by atoms with Crippen LogP contribution in [-0.4, -0.2) is 59.8 Å². The first-order valence-electron chi connectivity index (χ1n) is 11.0. The first kappa shape index (κ1) is 22.8. The molecule has 1 aromatic carbocycles. The van der Waals surface area contributed by atoms with Gasteiger partial charge in [-0.05, 0) is 43.2 Å². The SMILES string of the molecule is COC(=O)NC(C(=O)N1C[C@@H](C)C[C@H]1c1nc(-c2ccc(Br)cc2)c[nH]1)C1CCOCC1. The minimum atomic E-state index is -0.639. The number of methoxy groups -OCH3 is 1. The van der Waals surface area contributed by atoms with Crippen LogP contribution >= 0.6 is 15.9 Å². The maximum atomic E-state index is 13.7. The van der Waals surface area contributed by atoms with E-state index in [1.807, 2.05) is 35.4 Å². The second-order valence-corrected chi connectivity index (χ2v) is 9.50. The lowest BCUT2D eigenvalue weighted by molar-refractivity contribution is -0.137. The number of nitrogens with one attached hydrogen (secondary N) is 2. The molecule has 3 atom stereocenters. The van der Waals surface area contributed by atoms with Crippen molar-refractivity contribution in [3.63, 3.8) is 0 Å². The summed E-state index contributed by atoms with van der Waals surface area (Å²) in [5.74, 6) is 1.03. The monoisotopic (exact) mass is 504 g/mol. The summed E-state index contributed by atoms with van der Waals surface area (Å²) in [5.41, 5.74) is 1.85. The smallest absolute Gasteiger partial charge is 0.407 e. The first-order chi connectivity index (χ1) is 15.5. The number of carbonyl (C=O) groups excluding carboxylic acids is 2. The van der Waals surface area contributed by atoms with E-state index in [0.717, 1.165) is 40.8 Å². The summed E-state index contributed by atoms with van der Waals surface area (Å²) < 4.78 is 11.3. The maximum Gasteiger partial charge on any atom is 0.407 e. The minimum absolute atomic E-state index is 0.0156. The molecule has 3 heterocycles. The average Bonchev–Trinajstić information content (AvgIpc) is 3.45. The summed E-state index contributed by atoms with van der Waals surface area (Å²) in [6.07, 6.45) is 3.56. The van der Waals surface area contributed by atoms with E-state index in [0.29, 0.717) is 25.7 Å². The molecule has 2 aromatic rings. The maximum absolute atomic E-state index is 13.7. The van der Waals surface area contributed by atoms with Crippen molar-refractivity contribution in [1.82, 2.24) is 20.2 Å². The third kappa shape index (κ3) is 4.99.